The second-order valence-electron chi connectivity index (χ2n) is 4.09. The summed E-state index contributed by atoms with van der Waals surface area (Å²) in [6.45, 7) is 0.675. The Morgan fingerprint density at radius 3 is 3.06 bits per heavy atom. The van der Waals surface area contributed by atoms with Gasteiger partial charge in [0.05, 0.1) is 6.20 Å². The summed E-state index contributed by atoms with van der Waals surface area (Å²) in [6.07, 6.45) is 6.52. The number of hydrogen-bond donors (Lipinski definition) is 2. The zero-order valence-electron chi connectivity index (χ0n) is 9.45. The number of aromatic nitrogens is 2. The van der Waals surface area contributed by atoms with Crippen molar-refractivity contribution in [2.45, 2.75) is 31.7 Å². The molecule has 1 saturated carbocycles. The highest BCUT2D eigenvalue weighted by Gasteiger charge is 2.22. The second kappa shape index (κ2) is 5.82. The van der Waals surface area contributed by atoms with Gasteiger partial charge in [-0.05, 0) is 19.3 Å². The summed E-state index contributed by atoms with van der Waals surface area (Å²) in [7, 11) is 0. The van der Waals surface area contributed by atoms with Gasteiger partial charge in [0.15, 0.2) is 0 Å². The van der Waals surface area contributed by atoms with Gasteiger partial charge in [-0.15, -0.1) is 0 Å². The molecule has 0 atom stereocenters. The average Bonchev–Trinajstić information content (AvgIpc) is 3.10. The van der Waals surface area contributed by atoms with Crippen molar-refractivity contribution in [2.75, 3.05) is 11.9 Å². The average molecular weight is 255 g/mol. The van der Waals surface area contributed by atoms with Crippen LogP contribution in [0.25, 0.3) is 0 Å². The summed E-state index contributed by atoms with van der Waals surface area (Å²) in [4.78, 5) is 19.2. The monoisotopic (exact) mass is 254 g/mol. The van der Waals surface area contributed by atoms with Crippen LogP contribution in [0.2, 0.25) is 5.02 Å². The van der Waals surface area contributed by atoms with E-state index in [1.807, 2.05) is 0 Å². The topological polar surface area (TPSA) is 66.9 Å². The van der Waals surface area contributed by atoms with Crippen LogP contribution in [0, 0.1) is 0 Å². The quantitative estimate of drug-likeness (QED) is 0.757. The van der Waals surface area contributed by atoms with Gasteiger partial charge in [-0.3, -0.25) is 4.79 Å². The Labute approximate surface area is 105 Å². The number of nitrogens with one attached hydrogen (secondary N) is 2. The van der Waals surface area contributed by atoms with E-state index in [4.69, 9.17) is 11.6 Å². The van der Waals surface area contributed by atoms with E-state index in [0.717, 1.165) is 19.3 Å². The predicted molar refractivity (Wildman–Crippen MR) is 65.9 cm³/mol. The summed E-state index contributed by atoms with van der Waals surface area (Å²) in [5.74, 6) is 0.743. The molecule has 1 fully saturated rings. The minimum atomic E-state index is 0.128. The molecule has 5 nitrogen and oxygen atoms in total. The van der Waals surface area contributed by atoms with Gasteiger partial charge in [0.25, 0.3) is 0 Å². The van der Waals surface area contributed by atoms with Crippen LogP contribution in [0.1, 0.15) is 25.7 Å². The molecular formula is C11H15ClN4O. The van der Waals surface area contributed by atoms with E-state index in [1.165, 1.54) is 12.5 Å². The Balaban J connectivity index is 1.62. The van der Waals surface area contributed by atoms with Crippen LogP contribution in [-0.2, 0) is 4.79 Å². The van der Waals surface area contributed by atoms with Gasteiger partial charge < -0.3 is 10.6 Å². The molecule has 0 bridgehead atoms. The first-order chi connectivity index (χ1) is 8.25. The minimum absolute atomic E-state index is 0.128. The van der Waals surface area contributed by atoms with Crippen LogP contribution in [-0.4, -0.2) is 28.5 Å². The van der Waals surface area contributed by atoms with Crippen LogP contribution >= 0.6 is 11.6 Å². The van der Waals surface area contributed by atoms with Crippen LogP contribution in [0.5, 0.6) is 0 Å². The van der Waals surface area contributed by atoms with Crippen molar-refractivity contribution in [2.24, 2.45) is 0 Å². The Bertz CT molecular complexity index is 395. The van der Waals surface area contributed by atoms with Gasteiger partial charge in [0.1, 0.15) is 17.2 Å². The van der Waals surface area contributed by atoms with Crippen molar-refractivity contribution < 1.29 is 4.79 Å². The molecular weight excluding hydrogens is 240 g/mol. The molecule has 2 rings (SSSR count). The van der Waals surface area contributed by atoms with E-state index >= 15 is 0 Å². The van der Waals surface area contributed by atoms with Crippen LogP contribution in [0.4, 0.5) is 5.82 Å². The molecule has 1 heterocycles. The highest BCUT2D eigenvalue weighted by molar-refractivity contribution is 6.32. The van der Waals surface area contributed by atoms with Gasteiger partial charge in [0, 0.05) is 19.0 Å². The van der Waals surface area contributed by atoms with Crippen molar-refractivity contribution in [3.8, 4) is 0 Å². The lowest BCUT2D eigenvalue weighted by Gasteiger charge is -2.06. The first kappa shape index (κ1) is 12.1. The number of amides is 1. The predicted octanol–water partition coefficient (Wildman–Crippen LogP) is 1.60. The number of anilines is 1. The number of carbonyl (C=O) groups is 1. The lowest BCUT2D eigenvalue weighted by molar-refractivity contribution is -0.121. The zero-order chi connectivity index (χ0) is 12.1. The number of hydrogen-bond acceptors (Lipinski definition) is 4. The van der Waals surface area contributed by atoms with E-state index in [-0.39, 0.29) is 5.91 Å². The summed E-state index contributed by atoms with van der Waals surface area (Å²) in [6, 6.07) is 0.437. The Morgan fingerprint density at radius 1 is 1.53 bits per heavy atom. The lowest BCUT2D eigenvalue weighted by atomic mass is 10.3. The molecule has 17 heavy (non-hydrogen) atoms. The third-order valence-corrected chi connectivity index (χ3v) is 2.76. The fraction of sp³-hybridized carbons (Fsp3) is 0.545. The maximum absolute atomic E-state index is 11.4. The largest absolute Gasteiger partial charge is 0.369 e. The molecule has 6 heteroatoms. The van der Waals surface area contributed by atoms with Crippen molar-refractivity contribution in [1.29, 1.82) is 0 Å². The maximum Gasteiger partial charge on any atom is 0.220 e. The maximum atomic E-state index is 11.4. The van der Waals surface area contributed by atoms with E-state index in [9.17, 15) is 4.79 Å². The van der Waals surface area contributed by atoms with E-state index in [2.05, 4.69) is 20.6 Å². The zero-order valence-corrected chi connectivity index (χ0v) is 10.2. The molecule has 0 aliphatic heterocycles. The molecule has 92 valence electrons. The summed E-state index contributed by atoms with van der Waals surface area (Å²) in [5.41, 5.74) is 0. The number of halogens is 1. The highest BCUT2D eigenvalue weighted by Crippen LogP contribution is 2.19. The highest BCUT2D eigenvalue weighted by atomic mass is 35.5. The summed E-state index contributed by atoms with van der Waals surface area (Å²) >= 11 is 5.88. The van der Waals surface area contributed by atoms with Crippen molar-refractivity contribution in [1.82, 2.24) is 15.3 Å². The molecule has 2 N–H and O–H groups in total. The Kier molecular flexibility index (Phi) is 4.14. The number of rotatable bonds is 6. The molecule has 0 unspecified atom stereocenters. The Hall–Kier alpha value is -1.36. The summed E-state index contributed by atoms with van der Waals surface area (Å²) in [5, 5.41) is 6.51. The first-order valence-electron chi connectivity index (χ1n) is 5.74. The van der Waals surface area contributed by atoms with Crippen molar-refractivity contribution >= 4 is 23.3 Å². The molecule has 0 spiro atoms. The third-order valence-electron chi connectivity index (χ3n) is 2.48. The molecule has 1 amide bonds. The van der Waals surface area contributed by atoms with Crippen molar-refractivity contribution in [3.05, 3.63) is 17.5 Å². The van der Waals surface area contributed by atoms with Gasteiger partial charge in [-0.2, -0.15) is 0 Å². The molecule has 1 aliphatic rings. The lowest BCUT2D eigenvalue weighted by Crippen LogP contribution is -2.25. The van der Waals surface area contributed by atoms with Crippen LogP contribution in [0.15, 0.2) is 12.5 Å². The molecule has 1 aromatic heterocycles. The molecule has 1 aromatic rings. The number of carbonyl (C=O) groups excluding carboxylic acids is 1. The number of nitrogens with zero attached hydrogens (tertiary/aromatic N) is 2. The van der Waals surface area contributed by atoms with Crippen LogP contribution in [0.3, 0.4) is 0 Å². The van der Waals surface area contributed by atoms with Gasteiger partial charge in [0.2, 0.25) is 5.91 Å². The fourth-order valence-electron chi connectivity index (χ4n) is 1.43. The Morgan fingerprint density at radius 2 is 2.35 bits per heavy atom. The summed E-state index contributed by atoms with van der Waals surface area (Å²) < 4.78 is 0. The second-order valence-corrected chi connectivity index (χ2v) is 4.50. The molecule has 0 radical (unpaired) electrons. The molecule has 0 saturated heterocycles. The smallest absolute Gasteiger partial charge is 0.220 e. The molecule has 1 aliphatic carbocycles. The van der Waals surface area contributed by atoms with Gasteiger partial charge in [-0.1, -0.05) is 11.6 Å². The standard InChI is InChI=1S/C11H15ClN4O/c12-9-6-13-7-15-11(9)14-5-1-2-10(17)16-8-3-4-8/h6-8H,1-5H2,(H,16,17)(H,13,14,15). The van der Waals surface area contributed by atoms with E-state index in [0.29, 0.717) is 29.8 Å². The normalized spacial score (nSPS) is 14.4. The van der Waals surface area contributed by atoms with Crippen LogP contribution < -0.4 is 10.6 Å². The fourth-order valence-corrected chi connectivity index (χ4v) is 1.60. The SMILES string of the molecule is O=C(CCCNc1ncncc1Cl)NC1CC1. The van der Waals surface area contributed by atoms with E-state index in [1.54, 1.807) is 0 Å². The minimum Gasteiger partial charge on any atom is -0.369 e. The van der Waals surface area contributed by atoms with Crippen molar-refractivity contribution in [3.63, 3.8) is 0 Å². The molecule has 0 aromatic carbocycles. The van der Waals surface area contributed by atoms with E-state index < -0.39 is 0 Å². The van der Waals surface area contributed by atoms with Gasteiger partial charge >= 0.3 is 0 Å². The first-order valence-corrected chi connectivity index (χ1v) is 6.12. The van der Waals surface area contributed by atoms with Gasteiger partial charge in [-0.25, -0.2) is 9.97 Å². The third kappa shape index (κ3) is 4.19.